The van der Waals surface area contributed by atoms with Crippen molar-refractivity contribution >= 4 is 11.8 Å². The fourth-order valence-electron chi connectivity index (χ4n) is 1.87. The Hall–Kier alpha value is -1.37. The molecule has 1 aromatic heterocycles. The highest BCUT2D eigenvalue weighted by molar-refractivity contribution is 7.99. The number of hydrogen-bond acceptors (Lipinski definition) is 5. The minimum atomic E-state index is -0.330. The summed E-state index contributed by atoms with van der Waals surface area (Å²) in [6.07, 6.45) is 0.401. The van der Waals surface area contributed by atoms with Gasteiger partial charge in [-0.2, -0.15) is 0 Å². The number of nitrogens with zero attached hydrogens (tertiary/aromatic N) is 3. The summed E-state index contributed by atoms with van der Waals surface area (Å²) in [5, 5.41) is 18.8. The van der Waals surface area contributed by atoms with Crippen molar-refractivity contribution in [2.45, 2.75) is 38.1 Å². The van der Waals surface area contributed by atoms with Gasteiger partial charge in [-0.3, -0.25) is 4.57 Å². The van der Waals surface area contributed by atoms with Crippen LogP contribution in [0.25, 0.3) is 5.69 Å². The van der Waals surface area contributed by atoms with E-state index in [0.29, 0.717) is 12.3 Å². The van der Waals surface area contributed by atoms with Gasteiger partial charge in [0.25, 0.3) is 0 Å². The van der Waals surface area contributed by atoms with Gasteiger partial charge in [0, 0.05) is 5.75 Å². The van der Waals surface area contributed by atoms with Gasteiger partial charge in [0.05, 0.1) is 18.3 Å². The first-order valence-electron chi connectivity index (χ1n) is 6.68. The van der Waals surface area contributed by atoms with Crippen molar-refractivity contribution in [3.63, 3.8) is 0 Å². The van der Waals surface area contributed by atoms with Crippen molar-refractivity contribution in [1.82, 2.24) is 14.8 Å². The maximum Gasteiger partial charge on any atom is 0.195 e. The number of rotatable bonds is 6. The molecule has 1 aromatic carbocycles. The summed E-state index contributed by atoms with van der Waals surface area (Å²) in [6, 6.07) is 8.06. The van der Waals surface area contributed by atoms with E-state index in [1.807, 2.05) is 42.7 Å². The molecule has 0 aliphatic rings. The number of hydrogen-bond donors (Lipinski definition) is 2. The summed E-state index contributed by atoms with van der Waals surface area (Å²) in [5.41, 5.74) is 7.92. The number of para-hydroxylation sites is 1. The lowest BCUT2D eigenvalue weighted by molar-refractivity contribution is 0.195. The molecule has 2 rings (SSSR count). The summed E-state index contributed by atoms with van der Waals surface area (Å²) < 4.78 is 1.97. The van der Waals surface area contributed by atoms with Crippen molar-refractivity contribution in [3.05, 3.63) is 35.7 Å². The van der Waals surface area contributed by atoms with Crippen LogP contribution in [0.2, 0.25) is 0 Å². The molecule has 108 valence electrons. The molecule has 1 heterocycles. The molecule has 6 heteroatoms. The van der Waals surface area contributed by atoms with Gasteiger partial charge < -0.3 is 10.8 Å². The monoisotopic (exact) mass is 292 g/mol. The fourth-order valence-corrected chi connectivity index (χ4v) is 2.88. The van der Waals surface area contributed by atoms with Crippen molar-refractivity contribution in [1.29, 1.82) is 0 Å². The van der Waals surface area contributed by atoms with E-state index in [9.17, 15) is 5.11 Å². The number of aliphatic hydroxyl groups excluding tert-OH is 1. The minimum absolute atomic E-state index is 0.330. The van der Waals surface area contributed by atoms with Crippen molar-refractivity contribution < 1.29 is 5.11 Å². The normalized spacial score (nSPS) is 12.6. The van der Waals surface area contributed by atoms with Crippen molar-refractivity contribution in [2.24, 2.45) is 5.73 Å². The highest BCUT2D eigenvalue weighted by Gasteiger charge is 2.15. The Morgan fingerprint density at radius 3 is 2.75 bits per heavy atom. The van der Waals surface area contributed by atoms with Gasteiger partial charge in [-0.05, 0) is 25.0 Å². The van der Waals surface area contributed by atoms with Gasteiger partial charge >= 0.3 is 0 Å². The smallest absolute Gasteiger partial charge is 0.195 e. The van der Waals surface area contributed by atoms with E-state index in [1.165, 1.54) is 11.8 Å². The highest BCUT2D eigenvalue weighted by Crippen LogP contribution is 2.24. The third kappa shape index (κ3) is 3.20. The van der Waals surface area contributed by atoms with Crippen LogP contribution in [0.15, 0.2) is 29.4 Å². The third-order valence-electron chi connectivity index (χ3n) is 3.12. The van der Waals surface area contributed by atoms with Gasteiger partial charge in [-0.1, -0.05) is 36.9 Å². The number of aliphatic hydroxyl groups is 1. The van der Waals surface area contributed by atoms with E-state index < -0.39 is 0 Å². The second-order valence-electron chi connectivity index (χ2n) is 4.60. The van der Waals surface area contributed by atoms with Crippen molar-refractivity contribution in [3.8, 4) is 5.69 Å². The van der Waals surface area contributed by atoms with E-state index in [2.05, 4.69) is 10.2 Å². The second-order valence-corrected chi connectivity index (χ2v) is 5.59. The number of aryl methyl sites for hydroxylation is 1. The predicted molar refractivity (Wildman–Crippen MR) is 81.0 cm³/mol. The van der Waals surface area contributed by atoms with Crippen LogP contribution in [0.5, 0.6) is 0 Å². The van der Waals surface area contributed by atoms with Crippen molar-refractivity contribution in [2.75, 3.05) is 5.75 Å². The third-order valence-corrected chi connectivity index (χ3v) is 4.19. The van der Waals surface area contributed by atoms with Gasteiger partial charge in [0.15, 0.2) is 11.0 Å². The van der Waals surface area contributed by atoms with Crippen LogP contribution in [0.1, 0.15) is 24.7 Å². The van der Waals surface area contributed by atoms with Crippen LogP contribution in [-0.2, 0) is 6.54 Å². The molecule has 0 radical (unpaired) electrons. The molecular formula is C14H20N4OS. The lowest BCUT2D eigenvalue weighted by atomic mass is 10.2. The molecule has 0 amide bonds. The maximum absolute atomic E-state index is 9.70. The van der Waals surface area contributed by atoms with E-state index >= 15 is 0 Å². The van der Waals surface area contributed by atoms with Gasteiger partial charge in [-0.15, -0.1) is 10.2 Å². The zero-order valence-electron chi connectivity index (χ0n) is 11.8. The molecular weight excluding hydrogens is 272 g/mol. The average Bonchev–Trinajstić information content (AvgIpc) is 2.88. The minimum Gasteiger partial charge on any atom is -0.392 e. The predicted octanol–water partition coefficient (Wildman–Crippen LogP) is 1.90. The van der Waals surface area contributed by atoms with Crippen LogP contribution in [0, 0.1) is 6.92 Å². The molecule has 2 aromatic rings. The molecule has 0 aliphatic heterocycles. The maximum atomic E-state index is 9.70. The summed E-state index contributed by atoms with van der Waals surface area (Å²) >= 11 is 1.50. The molecule has 0 saturated carbocycles. The van der Waals surface area contributed by atoms with Crippen LogP contribution in [-0.4, -0.2) is 31.7 Å². The average molecular weight is 292 g/mol. The Labute approximate surface area is 123 Å². The Morgan fingerprint density at radius 2 is 2.10 bits per heavy atom. The van der Waals surface area contributed by atoms with E-state index in [0.717, 1.165) is 28.7 Å². The molecule has 0 bridgehead atoms. The highest BCUT2D eigenvalue weighted by atomic mass is 32.2. The number of nitrogens with two attached hydrogens (primary N) is 1. The molecule has 20 heavy (non-hydrogen) atoms. The second kappa shape index (κ2) is 6.88. The first kappa shape index (κ1) is 15.0. The Balaban J connectivity index is 2.35. The first-order valence-corrected chi connectivity index (χ1v) is 7.67. The summed E-state index contributed by atoms with van der Waals surface area (Å²) in [4.78, 5) is 0. The van der Waals surface area contributed by atoms with Crippen LogP contribution < -0.4 is 5.73 Å². The molecule has 0 aliphatic carbocycles. The number of thioether (sulfide) groups is 1. The first-order chi connectivity index (χ1) is 9.67. The topological polar surface area (TPSA) is 77.0 Å². The van der Waals surface area contributed by atoms with Crippen LogP contribution in [0.3, 0.4) is 0 Å². The van der Waals surface area contributed by atoms with Gasteiger partial charge in [0.1, 0.15) is 0 Å². The summed E-state index contributed by atoms with van der Waals surface area (Å²) in [6.45, 7) is 4.34. The van der Waals surface area contributed by atoms with Gasteiger partial charge in [-0.25, -0.2) is 0 Å². The Morgan fingerprint density at radius 1 is 1.35 bits per heavy atom. The zero-order valence-corrected chi connectivity index (χ0v) is 12.6. The molecule has 1 atom stereocenters. The molecule has 0 unspecified atom stereocenters. The number of benzene rings is 1. The largest absolute Gasteiger partial charge is 0.392 e. The van der Waals surface area contributed by atoms with Crippen LogP contribution in [0.4, 0.5) is 0 Å². The standard InChI is InChI=1S/C14H20N4OS/c1-3-11(19)9-20-14-17-16-13(8-15)18(14)12-7-5-4-6-10(12)2/h4-7,11,19H,3,8-9,15H2,1-2H3/t11-/m0/s1. The van der Waals surface area contributed by atoms with Gasteiger partial charge in [0.2, 0.25) is 0 Å². The zero-order chi connectivity index (χ0) is 14.5. The van der Waals surface area contributed by atoms with E-state index in [4.69, 9.17) is 5.73 Å². The summed E-state index contributed by atoms with van der Waals surface area (Å²) in [7, 11) is 0. The van der Waals surface area contributed by atoms with E-state index in [-0.39, 0.29) is 6.10 Å². The quantitative estimate of drug-likeness (QED) is 0.795. The Bertz CT molecular complexity index is 570. The summed E-state index contributed by atoms with van der Waals surface area (Å²) in [5.74, 6) is 1.33. The van der Waals surface area contributed by atoms with Crippen LogP contribution >= 0.6 is 11.8 Å². The fraction of sp³-hybridized carbons (Fsp3) is 0.429. The molecule has 0 saturated heterocycles. The molecule has 5 nitrogen and oxygen atoms in total. The molecule has 0 fully saturated rings. The Kier molecular flexibility index (Phi) is 5.17. The lowest BCUT2D eigenvalue weighted by Crippen LogP contribution is -2.11. The molecule has 3 N–H and O–H groups in total. The molecule has 0 spiro atoms. The number of aromatic nitrogens is 3. The lowest BCUT2D eigenvalue weighted by Gasteiger charge is -2.12. The van der Waals surface area contributed by atoms with E-state index in [1.54, 1.807) is 0 Å². The SMILES string of the molecule is CC[C@H](O)CSc1nnc(CN)n1-c1ccccc1C.